The number of carbonyl (C=O) groups excluding carboxylic acids is 1. The number of halogens is 1. The van der Waals surface area contributed by atoms with Crippen molar-refractivity contribution >= 4 is 35.8 Å². The first-order valence-electron chi connectivity index (χ1n) is 8.99. The van der Waals surface area contributed by atoms with Crippen LogP contribution in [-0.4, -0.2) is 37.5 Å². The highest BCUT2D eigenvalue weighted by atomic mass is 127. The summed E-state index contributed by atoms with van der Waals surface area (Å²) in [6, 6.07) is 0.409. The van der Waals surface area contributed by atoms with E-state index in [-0.39, 0.29) is 36.4 Å². The first kappa shape index (κ1) is 20.5. The Balaban J connectivity index is 0.00000264. The van der Waals surface area contributed by atoms with Crippen molar-refractivity contribution in [1.82, 2.24) is 16.0 Å². The van der Waals surface area contributed by atoms with Crippen LogP contribution in [0.4, 0.5) is 0 Å². The maximum atomic E-state index is 11.7. The van der Waals surface area contributed by atoms with E-state index in [0.29, 0.717) is 6.04 Å². The summed E-state index contributed by atoms with van der Waals surface area (Å²) in [5, 5.41) is 9.54. The van der Waals surface area contributed by atoms with Crippen molar-refractivity contribution in [3.8, 4) is 0 Å². The number of hydrogen-bond acceptors (Lipinski definition) is 2. The summed E-state index contributed by atoms with van der Waals surface area (Å²) in [5.74, 6) is 2.52. The Bertz CT molecular complexity index is 385. The fraction of sp³-hybridized carbons (Fsp3) is 0.882. The Morgan fingerprint density at radius 1 is 1.17 bits per heavy atom. The Hall–Kier alpha value is -0.530. The van der Waals surface area contributed by atoms with Crippen molar-refractivity contribution in [2.75, 3.05) is 19.6 Å². The van der Waals surface area contributed by atoms with Gasteiger partial charge in [0.1, 0.15) is 6.54 Å². The molecule has 0 heterocycles. The molecular weight excluding hydrogens is 403 g/mol. The predicted octanol–water partition coefficient (Wildman–Crippen LogP) is 2.65. The highest BCUT2D eigenvalue weighted by Crippen LogP contribution is 2.30. The molecule has 2 atom stereocenters. The molecule has 2 aliphatic carbocycles. The molecule has 0 aliphatic heterocycles. The molecule has 0 aromatic carbocycles. The monoisotopic (exact) mass is 436 g/mol. The Labute approximate surface area is 157 Å². The molecule has 134 valence electrons. The molecule has 5 nitrogen and oxygen atoms in total. The van der Waals surface area contributed by atoms with Crippen LogP contribution in [0, 0.1) is 11.8 Å². The smallest absolute Gasteiger partial charge is 0.242 e. The molecule has 6 heteroatoms. The van der Waals surface area contributed by atoms with Gasteiger partial charge in [-0.2, -0.15) is 0 Å². The molecule has 0 bridgehead atoms. The SMILES string of the molecule is CCNC(=NCC(=O)NC1CC1)NCCC1CCCC(C)C1.I. The first-order valence-corrected chi connectivity index (χ1v) is 8.99. The second-order valence-electron chi connectivity index (χ2n) is 6.89. The van der Waals surface area contributed by atoms with E-state index in [9.17, 15) is 4.79 Å². The van der Waals surface area contributed by atoms with Gasteiger partial charge in [-0.15, -0.1) is 24.0 Å². The van der Waals surface area contributed by atoms with Gasteiger partial charge in [0.25, 0.3) is 0 Å². The van der Waals surface area contributed by atoms with Crippen molar-refractivity contribution in [3.05, 3.63) is 0 Å². The van der Waals surface area contributed by atoms with Gasteiger partial charge in [-0.1, -0.05) is 26.2 Å². The number of guanidine groups is 1. The van der Waals surface area contributed by atoms with Gasteiger partial charge in [0.15, 0.2) is 5.96 Å². The van der Waals surface area contributed by atoms with Crippen molar-refractivity contribution in [3.63, 3.8) is 0 Å². The topological polar surface area (TPSA) is 65.5 Å². The Morgan fingerprint density at radius 2 is 1.96 bits per heavy atom. The van der Waals surface area contributed by atoms with Gasteiger partial charge in [-0.05, 0) is 44.4 Å². The molecule has 3 N–H and O–H groups in total. The zero-order valence-corrected chi connectivity index (χ0v) is 16.9. The van der Waals surface area contributed by atoms with E-state index in [2.05, 4.69) is 27.9 Å². The summed E-state index contributed by atoms with van der Waals surface area (Å²) < 4.78 is 0. The first-order chi connectivity index (χ1) is 10.7. The molecule has 2 saturated carbocycles. The number of hydrogen-bond donors (Lipinski definition) is 3. The normalized spacial score (nSPS) is 24.5. The largest absolute Gasteiger partial charge is 0.357 e. The third kappa shape index (κ3) is 8.77. The van der Waals surface area contributed by atoms with Gasteiger partial charge in [0, 0.05) is 19.1 Å². The third-order valence-electron chi connectivity index (χ3n) is 4.56. The van der Waals surface area contributed by atoms with E-state index >= 15 is 0 Å². The van der Waals surface area contributed by atoms with E-state index in [1.54, 1.807) is 0 Å². The highest BCUT2D eigenvalue weighted by Gasteiger charge is 2.23. The quantitative estimate of drug-likeness (QED) is 0.327. The van der Waals surface area contributed by atoms with Crippen molar-refractivity contribution in [2.45, 2.75) is 64.8 Å². The van der Waals surface area contributed by atoms with E-state index < -0.39 is 0 Å². The molecule has 0 radical (unpaired) electrons. The van der Waals surface area contributed by atoms with Gasteiger partial charge in [0.2, 0.25) is 5.91 Å². The molecular formula is C17H33IN4O. The van der Waals surface area contributed by atoms with Crippen molar-refractivity contribution in [2.24, 2.45) is 16.8 Å². The highest BCUT2D eigenvalue weighted by molar-refractivity contribution is 14.0. The van der Waals surface area contributed by atoms with E-state index in [0.717, 1.165) is 43.7 Å². The van der Waals surface area contributed by atoms with Crippen LogP contribution in [0.1, 0.15) is 58.8 Å². The second kappa shape index (κ2) is 11.1. The maximum Gasteiger partial charge on any atom is 0.242 e. The zero-order chi connectivity index (χ0) is 15.8. The molecule has 2 rings (SSSR count). The average Bonchev–Trinajstić information content (AvgIpc) is 3.29. The number of amides is 1. The minimum absolute atomic E-state index is 0. The molecule has 2 aliphatic rings. The van der Waals surface area contributed by atoms with E-state index in [1.807, 2.05) is 6.92 Å². The summed E-state index contributed by atoms with van der Waals surface area (Å²) >= 11 is 0. The van der Waals surface area contributed by atoms with Crippen LogP contribution >= 0.6 is 24.0 Å². The van der Waals surface area contributed by atoms with Crippen LogP contribution in [0.2, 0.25) is 0 Å². The van der Waals surface area contributed by atoms with Crippen LogP contribution in [0.15, 0.2) is 4.99 Å². The van der Waals surface area contributed by atoms with Gasteiger partial charge in [-0.25, -0.2) is 4.99 Å². The summed E-state index contributed by atoms with van der Waals surface area (Å²) in [6.07, 6.45) is 8.93. The predicted molar refractivity (Wildman–Crippen MR) is 106 cm³/mol. The average molecular weight is 436 g/mol. The van der Waals surface area contributed by atoms with Crippen LogP contribution in [0.25, 0.3) is 0 Å². The second-order valence-corrected chi connectivity index (χ2v) is 6.89. The molecule has 0 aromatic rings. The lowest BCUT2D eigenvalue weighted by Crippen LogP contribution is -2.39. The van der Waals surface area contributed by atoms with Gasteiger partial charge in [0.05, 0.1) is 0 Å². The van der Waals surface area contributed by atoms with Gasteiger partial charge >= 0.3 is 0 Å². The molecule has 1 amide bonds. The fourth-order valence-electron chi connectivity index (χ4n) is 3.21. The van der Waals surface area contributed by atoms with E-state index in [1.165, 1.54) is 32.1 Å². The van der Waals surface area contributed by atoms with Crippen molar-refractivity contribution in [1.29, 1.82) is 0 Å². The van der Waals surface area contributed by atoms with Crippen molar-refractivity contribution < 1.29 is 4.79 Å². The molecule has 0 aromatic heterocycles. The zero-order valence-electron chi connectivity index (χ0n) is 14.6. The molecule has 23 heavy (non-hydrogen) atoms. The molecule has 0 saturated heterocycles. The van der Waals surface area contributed by atoms with E-state index in [4.69, 9.17) is 0 Å². The van der Waals surface area contributed by atoms with Gasteiger partial charge < -0.3 is 16.0 Å². The maximum absolute atomic E-state index is 11.7. The number of nitrogens with zero attached hydrogens (tertiary/aromatic N) is 1. The van der Waals surface area contributed by atoms with Crippen LogP contribution < -0.4 is 16.0 Å². The molecule has 0 spiro atoms. The lowest BCUT2D eigenvalue weighted by Gasteiger charge is -2.26. The minimum Gasteiger partial charge on any atom is -0.357 e. The molecule has 2 fully saturated rings. The number of aliphatic imine (C=N–C) groups is 1. The molecule has 2 unspecified atom stereocenters. The third-order valence-corrected chi connectivity index (χ3v) is 4.56. The standard InChI is InChI=1S/C17H32N4O.HI/c1-3-18-17(20-12-16(22)21-15-7-8-15)19-10-9-14-6-4-5-13(2)11-14;/h13-15H,3-12H2,1-2H3,(H,21,22)(H2,18,19,20);1H. The number of carbonyl (C=O) groups is 1. The minimum atomic E-state index is 0. The fourth-order valence-corrected chi connectivity index (χ4v) is 3.21. The van der Waals surface area contributed by atoms with Crippen LogP contribution in [0.5, 0.6) is 0 Å². The van der Waals surface area contributed by atoms with Crippen LogP contribution in [-0.2, 0) is 4.79 Å². The Kier molecular flexibility index (Phi) is 9.90. The summed E-state index contributed by atoms with van der Waals surface area (Å²) in [7, 11) is 0. The summed E-state index contributed by atoms with van der Waals surface area (Å²) in [6.45, 7) is 6.38. The van der Waals surface area contributed by atoms with Gasteiger partial charge in [-0.3, -0.25) is 4.79 Å². The number of rotatable bonds is 7. The summed E-state index contributed by atoms with van der Waals surface area (Å²) in [5.41, 5.74) is 0. The lowest BCUT2D eigenvalue weighted by atomic mass is 9.81. The lowest BCUT2D eigenvalue weighted by molar-refractivity contribution is -0.119. The number of nitrogens with one attached hydrogen (secondary N) is 3. The Morgan fingerprint density at radius 3 is 2.61 bits per heavy atom. The van der Waals surface area contributed by atoms with Crippen LogP contribution in [0.3, 0.4) is 0 Å². The summed E-state index contributed by atoms with van der Waals surface area (Å²) in [4.78, 5) is 16.1.